The zero-order valence-electron chi connectivity index (χ0n) is 11.6. The summed E-state index contributed by atoms with van der Waals surface area (Å²) in [5.74, 6) is 1.29. The van der Waals surface area contributed by atoms with Gasteiger partial charge in [0, 0.05) is 10.8 Å². The smallest absolute Gasteiger partial charge is 0.0470 e. The second kappa shape index (κ2) is 5.18. The third kappa shape index (κ3) is 2.28. The van der Waals surface area contributed by atoms with Crippen molar-refractivity contribution in [3.63, 3.8) is 0 Å². The summed E-state index contributed by atoms with van der Waals surface area (Å²) in [4.78, 5) is 0. The molecule has 2 heteroatoms. The van der Waals surface area contributed by atoms with Gasteiger partial charge in [0.1, 0.15) is 0 Å². The van der Waals surface area contributed by atoms with E-state index < -0.39 is 0 Å². The molecule has 0 bridgehead atoms. The molecule has 0 spiro atoms. The predicted octanol–water partition coefficient (Wildman–Crippen LogP) is 4.39. The van der Waals surface area contributed by atoms with Gasteiger partial charge in [0.2, 0.25) is 0 Å². The molecule has 0 amide bonds. The van der Waals surface area contributed by atoms with E-state index in [0.717, 1.165) is 0 Å². The van der Waals surface area contributed by atoms with E-state index in [1.54, 1.807) is 0 Å². The molecule has 2 unspecified atom stereocenters. The first-order chi connectivity index (χ1) is 9.24. The lowest BCUT2D eigenvalue weighted by molar-refractivity contribution is 0.443. The number of rotatable bonds is 3. The third-order valence-electron chi connectivity index (χ3n) is 4.28. The zero-order valence-corrected chi connectivity index (χ0v) is 12.5. The molecule has 3 rings (SSSR count). The van der Waals surface area contributed by atoms with E-state index >= 15 is 0 Å². The van der Waals surface area contributed by atoms with E-state index in [2.05, 4.69) is 73.5 Å². The molecule has 2 aromatic rings. The highest BCUT2D eigenvalue weighted by Gasteiger charge is 2.38. The molecule has 100 valence electrons. The average Bonchev–Trinajstić information content (AvgIpc) is 2.87. The van der Waals surface area contributed by atoms with Crippen molar-refractivity contribution in [1.29, 1.82) is 0 Å². The van der Waals surface area contributed by atoms with Crippen LogP contribution in [0.4, 0.5) is 0 Å². The van der Waals surface area contributed by atoms with Crippen LogP contribution in [0.3, 0.4) is 0 Å². The SMILES string of the molecule is CNC(c1cccc2ccccc12)C1(C)CCCS1. The fraction of sp³-hybridized carbons (Fsp3) is 0.412. The Morgan fingerprint density at radius 2 is 1.95 bits per heavy atom. The molecule has 1 aliphatic rings. The molecule has 0 aromatic heterocycles. The third-order valence-corrected chi connectivity index (χ3v) is 5.88. The maximum Gasteiger partial charge on any atom is 0.0470 e. The van der Waals surface area contributed by atoms with E-state index in [0.29, 0.717) is 10.8 Å². The summed E-state index contributed by atoms with van der Waals surface area (Å²) in [6.45, 7) is 2.41. The van der Waals surface area contributed by atoms with Gasteiger partial charge in [-0.2, -0.15) is 11.8 Å². The lowest BCUT2D eigenvalue weighted by atomic mass is 9.87. The Morgan fingerprint density at radius 3 is 2.68 bits per heavy atom. The van der Waals surface area contributed by atoms with Crippen molar-refractivity contribution in [2.24, 2.45) is 0 Å². The number of benzene rings is 2. The van der Waals surface area contributed by atoms with E-state index in [-0.39, 0.29) is 0 Å². The largest absolute Gasteiger partial charge is 0.312 e. The van der Waals surface area contributed by atoms with Crippen LogP contribution in [0, 0.1) is 0 Å². The van der Waals surface area contributed by atoms with Crippen LogP contribution in [0.2, 0.25) is 0 Å². The number of thioether (sulfide) groups is 1. The Hall–Kier alpha value is -0.990. The van der Waals surface area contributed by atoms with Gasteiger partial charge in [-0.05, 0) is 48.9 Å². The average molecular weight is 271 g/mol. The molecule has 0 radical (unpaired) electrons. The van der Waals surface area contributed by atoms with Gasteiger partial charge in [-0.3, -0.25) is 0 Å². The van der Waals surface area contributed by atoms with E-state index in [1.807, 2.05) is 0 Å². The normalized spacial score (nSPS) is 24.7. The maximum absolute atomic E-state index is 3.57. The summed E-state index contributed by atoms with van der Waals surface area (Å²) >= 11 is 2.12. The van der Waals surface area contributed by atoms with Crippen molar-refractivity contribution in [3.05, 3.63) is 48.0 Å². The molecule has 2 aromatic carbocycles. The van der Waals surface area contributed by atoms with Crippen molar-refractivity contribution in [3.8, 4) is 0 Å². The van der Waals surface area contributed by atoms with Gasteiger partial charge in [-0.15, -0.1) is 0 Å². The van der Waals surface area contributed by atoms with Crippen LogP contribution in [0.1, 0.15) is 31.4 Å². The van der Waals surface area contributed by atoms with Crippen LogP contribution in [0.25, 0.3) is 10.8 Å². The summed E-state index contributed by atoms with van der Waals surface area (Å²) in [7, 11) is 2.09. The van der Waals surface area contributed by atoms with E-state index in [4.69, 9.17) is 0 Å². The van der Waals surface area contributed by atoms with Crippen LogP contribution in [-0.2, 0) is 0 Å². The summed E-state index contributed by atoms with van der Waals surface area (Å²) < 4.78 is 0.318. The first kappa shape index (κ1) is 13.0. The van der Waals surface area contributed by atoms with Gasteiger partial charge in [-0.1, -0.05) is 42.5 Å². The van der Waals surface area contributed by atoms with Crippen molar-refractivity contribution < 1.29 is 0 Å². The summed E-state index contributed by atoms with van der Waals surface area (Å²) in [6.07, 6.45) is 2.64. The summed E-state index contributed by atoms with van der Waals surface area (Å²) in [6, 6.07) is 15.8. The van der Waals surface area contributed by atoms with Crippen LogP contribution >= 0.6 is 11.8 Å². The quantitative estimate of drug-likeness (QED) is 0.888. The molecule has 2 atom stereocenters. The minimum Gasteiger partial charge on any atom is -0.312 e. The van der Waals surface area contributed by atoms with Gasteiger partial charge < -0.3 is 5.32 Å². The molecule has 1 N–H and O–H groups in total. The monoisotopic (exact) mass is 271 g/mol. The highest BCUT2D eigenvalue weighted by Crippen LogP contribution is 2.47. The number of hydrogen-bond acceptors (Lipinski definition) is 2. The highest BCUT2D eigenvalue weighted by atomic mass is 32.2. The molecule has 0 saturated carbocycles. The van der Waals surface area contributed by atoms with Crippen molar-refractivity contribution >= 4 is 22.5 Å². The van der Waals surface area contributed by atoms with Crippen molar-refractivity contribution in [2.45, 2.75) is 30.6 Å². The number of hydrogen-bond donors (Lipinski definition) is 1. The standard InChI is InChI=1S/C17H21NS/c1-17(11-6-12-19-17)16(18-2)15-10-5-8-13-7-3-4-9-14(13)15/h3-5,7-10,16,18H,6,11-12H2,1-2H3. The number of fused-ring (bicyclic) bond motifs is 1. The topological polar surface area (TPSA) is 12.0 Å². The van der Waals surface area contributed by atoms with E-state index in [1.165, 1.54) is 34.9 Å². The Balaban J connectivity index is 2.11. The second-order valence-electron chi connectivity index (χ2n) is 5.55. The highest BCUT2D eigenvalue weighted by molar-refractivity contribution is 8.00. The molecule has 0 aliphatic carbocycles. The molecule has 19 heavy (non-hydrogen) atoms. The van der Waals surface area contributed by atoms with Gasteiger partial charge in [-0.25, -0.2) is 0 Å². The fourth-order valence-corrected chi connectivity index (χ4v) is 4.78. The second-order valence-corrected chi connectivity index (χ2v) is 7.18. The van der Waals surface area contributed by atoms with Crippen LogP contribution in [0.5, 0.6) is 0 Å². The molecule has 1 aliphatic heterocycles. The van der Waals surface area contributed by atoms with Gasteiger partial charge in [0.25, 0.3) is 0 Å². The Bertz CT molecular complexity index is 567. The van der Waals surface area contributed by atoms with Crippen LogP contribution in [0.15, 0.2) is 42.5 Å². The molecular weight excluding hydrogens is 250 g/mol. The molecule has 1 heterocycles. The lowest BCUT2D eigenvalue weighted by Crippen LogP contribution is -2.35. The van der Waals surface area contributed by atoms with Crippen LogP contribution < -0.4 is 5.32 Å². The Kier molecular flexibility index (Phi) is 3.55. The van der Waals surface area contributed by atoms with Crippen LogP contribution in [-0.4, -0.2) is 17.5 Å². The first-order valence-corrected chi connectivity index (χ1v) is 8.02. The van der Waals surface area contributed by atoms with Gasteiger partial charge in [0.05, 0.1) is 0 Å². The minimum atomic E-state index is 0.318. The van der Waals surface area contributed by atoms with Gasteiger partial charge in [0.15, 0.2) is 0 Å². The Labute approximate surface area is 119 Å². The predicted molar refractivity (Wildman–Crippen MR) is 85.8 cm³/mol. The van der Waals surface area contributed by atoms with Crippen molar-refractivity contribution in [1.82, 2.24) is 5.32 Å². The molecule has 1 saturated heterocycles. The Morgan fingerprint density at radius 1 is 1.16 bits per heavy atom. The zero-order chi connectivity index (χ0) is 13.3. The number of nitrogens with one attached hydrogen (secondary N) is 1. The lowest BCUT2D eigenvalue weighted by Gasteiger charge is -2.34. The fourth-order valence-electron chi connectivity index (χ4n) is 3.32. The minimum absolute atomic E-state index is 0.318. The summed E-state index contributed by atoms with van der Waals surface area (Å²) in [5.41, 5.74) is 1.44. The molecule has 1 fully saturated rings. The summed E-state index contributed by atoms with van der Waals surface area (Å²) in [5, 5.41) is 6.30. The molecule has 1 nitrogen and oxygen atoms in total. The van der Waals surface area contributed by atoms with E-state index in [9.17, 15) is 0 Å². The molecular formula is C17H21NS. The van der Waals surface area contributed by atoms with Crippen molar-refractivity contribution in [2.75, 3.05) is 12.8 Å². The first-order valence-electron chi connectivity index (χ1n) is 7.03. The van der Waals surface area contributed by atoms with Gasteiger partial charge >= 0.3 is 0 Å². The maximum atomic E-state index is 3.57.